The predicted molar refractivity (Wildman–Crippen MR) is 114 cm³/mol. The van der Waals surface area contributed by atoms with Crippen molar-refractivity contribution in [1.82, 2.24) is 15.2 Å². The summed E-state index contributed by atoms with van der Waals surface area (Å²) < 4.78 is 5.20. The lowest BCUT2D eigenvalue weighted by atomic mass is 10.3. The fraction of sp³-hybridized carbons (Fsp3) is 0.105. The molecule has 0 saturated heterocycles. The number of benzene rings is 1. The summed E-state index contributed by atoms with van der Waals surface area (Å²) in [6.45, 7) is 0. The summed E-state index contributed by atoms with van der Waals surface area (Å²) in [7, 11) is 1.63. The molecule has 0 fully saturated rings. The molecule has 2 N–H and O–H groups in total. The molecule has 8 nitrogen and oxygen atoms in total. The topological polar surface area (TPSA) is 105 Å². The Morgan fingerprint density at radius 2 is 2.00 bits per heavy atom. The van der Waals surface area contributed by atoms with E-state index in [2.05, 4.69) is 30.7 Å². The minimum Gasteiger partial charge on any atom is -0.497 e. The Morgan fingerprint density at radius 3 is 2.69 bits per heavy atom. The summed E-state index contributed by atoms with van der Waals surface area (Å²) in [5.41, 5.74) is 0.324. The molecule has 1 aliphatic rings. The molecular weight excluding hydrogens is 408 g/mol. The van der Waals surface area contributed by atoms with Crippen LogP contribution in [0.25, 0.3) is 0 Å². The van der Waals surface area contributed by atoms with Crippen LogP contribution >= 0.6 is 23.5 Å². The molecule has 10 heteroatoms. The van der Waals surface area contributed by atoms with Crippen LogP contribution < -0.4 is 10.1 Å². The van der Waals surface area contributed by atoms with Crippen LogP contribution in [-0.4, -0.2) is 39.5 Å². The number of hydrogen-bond donors (Lipinski definition) is 2. The molecule has 2 aromatic heterocycles. The summed E-state index contributed by atoms with van der Waals surface area (Å²) in [5.74, 6) is 0.956. The van der Waals surface area contributed by atoms with E-state index in [1.165, 1.54) is 23.5 Å². The van der Waals surface area contributed by atoms with Gasteiger partial charge >= 0.3 is 0 Å². The highest BCUT2D eigenvalue weighted by molar-refractivity contribution is 8.14. The van der Waals surface area contributed by atoms with Crippen molar-refractivity contribution in [2.45, 2.75) is 21.2 Å². The molecule has 0 saturated carbocycles. The normalized spacial score (nSPS) is 12.7. The van der Waals surface area contributed by atoms with E-state index in [-0.39, 0.29) is 5.91 Å². The first-order chi connectivity index (χ1) is 14.2. The number of ether oxygens (including phenoxy) is 1. The number of carbonyl (C=O) groups excluding carboxylic acids is 1. The van der Waals surface area contributed by atoms with Gasteiger partial charge in [0.2, 0.25) is 0 Å². The molecule has 0 atom stereocenters. The molecule has 1 amide bonds. The number of thioether (sulfide) groups is 1. The number of hydrogen-bond acceptors (Lipinski definition) is 8. The average Bonchev–Trinajstić information content (AvgIpc) is 3.44. The van der Waals surface area contributed by atoms with E-state index in [1.807, 2.05) is 36.4 Å². The van der Waals surface area contributed by atoms with Crippen molar-refractivity contribution in [1.29, 1.82) is 0 Å². The number of rotatable bonds is 6. The first kappa shape index (κ1) is 19.2. The Bertz CT molecular complexity index is 1060. The van der Waals surface area contributed by atoms with Crippen molar-refractivity contribution in [3.8, 4) is 5.75 Å². The van der Waals surface area contributed by atoms with E-state index in [4.69, 9.17) is 4.74 Å². The number of nitrogens with zero attached hydrogens (tertiary/aromatic N) is 4. The smallest absolute Gasteiger partial charge is 0.276 e. The van der Waals surface area contributed by atoms with Gasteiger partial charge in [-0.1, -0.05) is 23.5 Å². The Balaban J connectivity index is 1.61. The summed E-state index contributed by atoms with van der Waals surface area (Å²) in [4.78, 5) is 19.2. The molecule has 146 valence electrons. The Labute approximate surface area is 175 Å². The van der Waals surface area contributed by atoms with Gasteiger partial charge in [-0.15, -0.1) is 5.10 Å². The number of aromatic nitrogens is 3. The zero-order valence-electron chi connectivity index (χ0n) is 15.3. The van der Waals surface area contributed by atoms with Gasteiger partial charge in [-0.25, -0.2) is 4.98 Å². The van der Waals surface area contributed by atoms with Crippen molar-refractivity contribution in [2.75, 3.05) is 12.4 Å². The van der Waals surface area contributed by atoms with E-state index in [9.17, 15) is 4.79 Å². The van der Waals surface area contributed by atoms with Crippen LogP contribution in [0, 0.1) is 0 Å². The van der Waals surface area contributed by atoms with Gasteiger partial charge < -0.3 is 10.1 Å². The number of pyridine rings is 1. The minimum absolute atomic E-state index is 0.322. The highest BCUT2D eigenvalue weighted by atomic mass is 32.2. The van der Waals surface area contributed by atoms with E-state index in [0.29, 0.717) is 23.0 Å². The third-order valence-electron chi connectivity index (χ3n) is 3.82. The van der Waals surface area contributed by atoms with Crippen LogP contribution in [0.3, 0.4) is 0 Å². The molecule has 0 bridgehead atoms. The highest BCUT2D eigenvalue weighted by Gasteiger charge is 2.18. The molecule has 0 aliphatic carbocycles. The minimum atomic E-state index is -0.322. The predicted octanol–water partition coefficient (Wildman–Crippen LogP) is 4.10. The summed E-state index contributed by atoms with van der Waals surface area (Å²) in [6.07, 6.45) is 3.98. The lowest BCUT2D eigenvalue weighted by Gasteiger charge is -2.10. The maximum absolute atomic E-state index is 12.9. The van der Waals surface area contributed by atoms with Crippen LogP contribution in [-0.2, 0) is 0 Å². The third-order valence-corrected chi connectivity index (χ3v) is 5.80. The van der Waals surface area contributed by atoms with Crippen LogP contribution in [0.15, 0.2) is 73.7 Å². The van der Waals surface area contributed by atoms with Crippen LogP contribution in [0.2, 0.25) is 0 Å². The number of anilines is 1. The van der Waals surface area contributed by atoms with Gasteiger partial charge in [0.1, 0.15) is 27.3 Å². The van der Waals surface area contributed by atoms with Gasteiger partial charge in [-0.3, -0.25) is 9.89 Å². The van der Waals surface area contributed by atoms with E-state index < -0.39 is 0 Å². The second kappa shape index (κ2) is 8.93. The first-order valence-corrected chi connectivity index (χ1v) is 10.2. The molecule has 3 aromatic rings. The molecule has 0 spiro atoms. The largest absolute Gasteiger partial charge is 0.497 e. The van der Waals surface area contributed by atoms with Crippen LogP contribution in [0.1, 0.15) is 16.9 Å². The molecule has 4 rings (SSSR count). The third kappa shape index (κ3) is 4.84. The van der Waals surface area contributed by atoms with Crippen molar-refractivity contribution in [3.63, 3.8) is 0 Å². The van der Waals surface area contributed by atoms with E-state index >= 15 is 0 Å². The van der Waals surface area contributed by atoms with Gasteiger partial charge in [0.15, 0.2) is 0 Å². The number of methoxy groups -OCH3 is 1. The fourth-order valence-corrected chi connectivity index (χ4v) is 4.11. The molecular formula is C19H16N6O2S2. The number of aromatic amines is 1. The monoisotopic (exact) mass is 424 g/mol. The first-order valence-electron chi connectivity index (χ1n) is 8.61. The summed E-state index contributed by atoms with van der Waals surface area (Å²) >= 11 is 2.86. The van der Waals surface area contributed by atoms with Crippen molar-refractivity contribution < 1.29 is 9.53 Å². The molecule has 0 radical (unpaired) electrons. The van der Waals surface area contributed by atoms with Gasteiger partial charge in [-0.05, 0) is 36.4 Å². The lowest BCUT2D eigenvalue weighted by Crippen LogP contribution is -2.15. The quantitative estimate of drug-likeness (QED) is 0.617. The summed E-state index contributed by atoms with van der Waals surface area (Å²) in [6, 6.07) is 13.1. The summed E-state index contributed by atoms with van der Waals surface area (Å²) in [5, 5.41) is 18.8. The van der Waals surface area contributed by atoms with Gasteiger partial charge in [0, 0.05) is 28.5 Å². The maximum Gasteiger partial charge on any atom is 0.276 e. The number of carbonyl (C=O) groups is 1. The second-order valence-electron chi connectivity index (χ2n) is 5.80. The Kier molecular flexibility index (Phi) is 5.92. The zero-order chi connectivity index (χ0) is 20.1. The fourth-order valence-electron chi connectivity index (χ4n) is 2.46. The second-order valence-corrected chi connectivity index (χ2v) is 8.01. The van der Waals surface area contributed by atoms with Gasteiger partial charge in [-0.2, -0.15) is 10.2 Å². The highest BCUT2D eigenvalue weighted by Crippen LogP contribution is 2.33. The Morgan fingerprint density at radius 1 is 1.14 bits per heavy atom. The average molecular weight is 425 g/mol. The molecule has 1 aliphatic heterocycles. The van der Waals surface area contributed by atoms with Crippen molar-refractivity contribution >= 4 is 46.5 Å². The maximum atomic E-state index is 12.9. The zero-order valence-corrected chi connectivity index (χ0v) is 17.0. The number of amides is 1. The molecule has 0 unspecified atom stereocenters. The van der Waals surface area contributed by atoms with Crippen LogP contribution in [0.5, 0.6) is 5.75 Å². The van der Waals surface area contributed by atoms with Crippen LogP contribution in [0.4, 0.5) is 5.82 Å². The van der Waals surface area contributed by atoms with Gasteiger partial charge in [0.05, 0.1) is 13.3 Å². The van der Waals surface area contributed by atoms with Crippen molar-refractivity contribution in [2.24, 2.45) is 10.2 Å². The molecule has 3 heterocycles. The Hall–Kier alpha value is -3.11. The standard InChI is InChI=1S/C19H16N6O2S2/c1-27-12-2-4-13(5-3-12)28-14-6-7-16(29-17-9-11-21-25-17)23-18(14)19(26)22-15-8-10-20-24-15/h2-8,10-11H,9H2,1H3,(H2,20,22,24,26). The molecule has 29 heavy (non-hydrogen) atoms. The molecule has 1 aromatic carbocycles. The number of nitrogens with one attached hydrogen (secondary N) is 2. The van der Waals surface area contributed by atoms with Crippen molar-refractivity contribution in [3.05, 3.63) is 54.4 Å². The number of H-pyrrole nitrogens is 1. The van der Waals surface area contributed by atoms with E-state index in [1.54, 1.807) is 25.6 Å². The van der Waals surface area contributed by atoms with E-state index in [0.717, 1.165) is 20.6 Å². The lowest BCUT2D eigenvalue weighted by molar-refractivity contribution is 0.101. The van der Waals surface area contributed by atoms with Gasteiger partial charge in [0.25, 0.3) is 5.91 Å². The SMILES string of the molecule is COc1ccc(Sc2ccc(SC3=NN=CC3)nc2C(=O)Nc2ccn[nH]2)cc1.